The summed E-state index contributed by atoms with van der Waals surface area (Å²) in [6.07, 6.45) is -4.52. The van der Waals surface area contributed by atoms with Crippen LogP contribution in [-0.4, -0.2) is 23.3 Å². The number of nitrogens with two attached hydrogens (primary N) is 1. The van der Waals surface area contributed by atoms with Gasteiger partial charge in [0.2, 0.25) is 5.82 Å². The molecule has 0 aliphatic rings. The Bertz CT molecular complexity index is 592. The van der Waals surface area contributed by atoms with Crippen molar-refractivity contribution in [1.29, 1.82) is 0 Å². The Morgan fingerprint density at radius 1 is 1.42 bits per heavy atom. The Morgan fingerprint density at radius 2 is 2.11 bits per heavy atom. The quantitative estimate of drug-likeness (QED) is 0.875. The number of fused-ring (bicyclic) bond motifs is 1. The Hall–Kier alpha value is -1.76. The summed E-state index contributed by atoms with van der Waals surface area (Å²) in [6, 6.07) is 4.05. The van der Waals surface area contributed by atoms with Gasteiger partial charge in [0.15, 0.2) is 0 Å². The number of benzene rings is 1. The number of hydrogen-bond donors (Lipinski definition) is 1. The van der Waals surface area contributed by atoms with Gasteiger partial charge < -0.3 is 15.0 Å². The van der Waals surface area contributed by atoms with Crippen molar-refractivity contribution in [2.45, 2.75) is 19.1 Å². The molecule has 1 unspecified atom stereocenters. The molecular formula is C12H14F3N3O. The molecule has 0 aliphatic carbocycles. The summed E-state index contributed by atoms with van der Waals surface area (Å²) in [5, 5.41) is 0. The highest BCUT2D eigenvalue weighted by molar-refractivity contribution is 5.80. The molecule has 0 fully saturated rings. The molecular weight excluding hydrogens is 259 g/mol. The van der Waals surface area contributed by atoms with E-state index in [2.05, 4.69) is 4.98 Å². The van der Waals surface area contributed by atoms with Crippen LogP contribution >= 0.6 is 0 Å². The molecule has 1 aromatic heterocycles. The number of ether oxygens (including phenoxy) is 1. The van der Waals surface area contributed by atoms with E-state index in [1.54, 1.807) is 19.1 Å². The van der Waals surface area contributed by atoms with E-state index in [9.17, 15) is 13.2 Å². The number of methoxy groups -OCH3 is 1. The van der Waals surface area contributed by atoms with Crippen LogP contribution in [0.3, 0.4) is 0 Å². The molecule has 2 aromatic rings. The van der Waals surface area contributed by atoms with Gasteiger partial charge >= 0.3 is 6.18 Å². The topological polar surface area (TPSA) is 53.1 Å². The summed E-state index contributed by atoms with van der Waals surface area (Å²) in [5.41, 5.74) is 6.58. The van der Waals surface area contributed by atoms with Crippen molar-refractivity contribution in [2.24, 2.45) is 0 Å². The van der Waals surface area contributed by atoms with Crippen LogP contribution in [0.4, 0.5) is 18.9 Å². The fraction of sp³-hybridized carbons (Fsp3) is 0.417. The molecule has 0 amide bonds. The van der Waals surface area contributed by atoms with Gasteiger partial charge in [-0.15, -0.1) is 0 Å². The van der Waals surface area contributed by atoms with Crippen molar-refractivity contribution in [1.82, 2.24) is 9.55 Å². The van der Waals surface area contributed by atoms with Crippen molar-refractivity contribution in [2.75, 3.05) is 19.5 Å². The van der Waals surface area contributed by atoms with E-state index >= 15 is 0 Å². The SMILES string of the molecule is COCC(C)n1c(C(F)(F)F)nc2cc(N)ccc21. The van der Waals surface area contributed by atoms with Crippen molar-refractivity contribution in [3.05, 3.63) is 24.0 Å². The maximum absolute atomic E-state index is 13.0. The van der Waals surface area contributed by atoms with Gasteiger partial charge in [0.1, 0.15) is 0 Å². The van der Waals surface area contributed by atoms with Gasteiger partial charge in [0.25, 0.3) is 0 Å². The predicted molar refractivity (Wildman–Crippen MR) is 65.7 cm³/mol. The summed E-state index contributed by atoms with van der Waals surface area (Å²) in [7, 11) is 1.45. The lowest BCUT2D eigenvalue weighted by Gasteiger charge is -2.17. The zero-order chi connectivity index (χ0) is 14.2. The van der Waals surface area contributed by atoms with Gasteiger partial charge in [0.05, 0.1) is 23.7 Å². The number of alkyl halides is 3. The third-order valence-corrected chi connectivity index (χ3v) is 2.82. The monoisotopic (exact) mass is 273 g/mol. The summed E-state index contributed by atoms with van der Waals surface area (Å²) in [6.45, 7) is 1.81. The number of nitrogen functional groups attached to an aromatic ring is 1. The first kappa shape index (κ1) is 13.7. The maximum Gasteiger partial charge on any atom is 0.449 e. The van der Waals surface area contributed by atoms with E-state index in [0.717, 1.165) is 4.57 Å². The Labute approximate surface area is 108 Å². The molecule has 104 valence electrons. The molecule has 19 heavy (non-hydrogen) atoms. The van der Waals surface area contributed by atoms with E-state index in [4.69, 9.17) is 10.5 Å². The number of halogens is 3. The van der Waals surface area contributed by atoms with Crippen LogP contribution in [0, 0.1) is 0 Å². The largest absolute Gasteiger partial charge is 0.449 e. The van der Waals surface area contributed by atoms with Crippen LogP contribution in [0.1, 0.15) is 18.8 Å². The standard InChI is InChI=1S/C12H14F3N3O/c1-7(6-19-2)18-10-4-3-8(16)5-9(10)17-11(18)12(13,14)15/h3-5,7H,6,16H2,1-2H3. The minimum absolute atomic E-state index is 0.166. The van der Waals surface area contributed by atoms with Crippen molar-refractivity contribution < 1.29 is 17.9 Å². The molecule has 0 spiro atoms. The third kappa shape index (κ3) is 2.51. The zero-order valence-electron chi connectivity index (χ0n) is 10.5. The molecule has 1 aromatic carbocycles. The fourth-order valence-electron chi connectivity index (χ4n) is 2.08. The van der Waals surface area contributed by atoms with Gasteiger partial charge in [-0.2, -0.15) is 13.2 Å². The van der Waals surface area contributed by atoms with Crippen molar-refractivity contribution >= 4 is 16.7 Å². The summed E-state index contributed by atoms with van der Waals surface area (Å²) < 4.78 is 45.2. The Morgan fingerprint density at radius 3 is 2.68 bits per heavy atom. The number of hydrogen-bond acceptors (Lipinski definition) is 3. The normalized spacial score (nSPS) is 13.9. The minimum atomic E-state index is -4.52. The van der Waals surface area contributed by atoms with E-state index in [1.165, 1.54) is 13.2 Å². The molecule has 0 bridgehead atoms. The fourth-order valence-corrected chi connectivity index (χ4v) is 2.08. The second-order valence-corrected chi connectivity index (χ2v) is 4.36. The molecule has 0 aliphatic heterocycles. The molecule has 2 N–H and O–H groups in total. The number of aromatic nitrogens is 2. The predicted octanol–water partition coefficient (Wildman–Crippen LogP) is 2.84. The Kier molecular flexibility index (Phi) is 3.40. The first-order chi connectivity index (χ1) is 8.84. The average Bonchev–Trinajstić information content (AvgIpc) is 2.67. The Balaban J connectivity index is 2.68. The summed E-state index contributed by atoms with van der Waals surface area (Å²) in [4.78, 5) is 3.65. The molecule has 4 nitrogen and oxygen atoms in total. The number of imidazole rings is 1. The molecule has 1 heterocycles. The van der Waals surface area contributed by atoms with E-state index in [1.807, 2.05) is 0 Å². The van der Waals surface area contributed by atoms with Gasteiger partial charge in [-0.05, 0) is 25.1 Å². The van der Waals surface area contributed by atoms with Crippen LogP contribution in [0.2, 0.25) is 0 Å². The highest BCUT2D eigenvalue weighted by Gasteiger charge is 2.38. The number of rotatable bonds is 3. The molecule has 1 atom stereocenters. The second kappa shape index (κ2) is 4.73. The highest BCUT2D eigenvalue weighted by atomic mass is 19.4. The first-order valence-electron chi connectivity index (χ1n) is 5.68. The molecule has 0 saturated carbocycles. The van der Waals surface area contributed by atoms with Crippen LogP contribution in [0.15, 0.2) is 18.2 Å². The van der Waals surface area contributed by atoms with E-state index in [0.29, 0.717) is 11.2 Å². The number of nitrogens with zero attached hydrogens (tertiary/aromatic N) is 2. The lowest BCUT2D eigenvalue weighted by Crippen LogP contribution is -2.20. The van der Waals surface area contributed by atoms with Gasteiger partial charge in [0, 0.05) is 12.8 Å². The van der Waals surface area contributed by atoms with Gasteiger partial charge in [-0.1, -0.05) is 0 Å². The molecule has 0 radical (unpaired) electrons. The van der Waals surface area contributed by atoms with Crippen LogP contribution in [-0.2, 0) is 10.9 Å². The van der Waals surface area contributed by atoms with E-state index in [-0.39, 0.29) is 12.1 Å². The summed E-state index contributed by atoms with van der Waals surface area (Å²) >= 11 is 0. The van der Waals surface area contributed by atoms with Gasteiger partial charge in [-0.25, -0.2) is 4.98 Å². The van der Waals surface area contributed by atoms with Crippen molar-refractivity contribution in [3.63, 3.8) is 0 Å². The molecule has 7 heteroatoms. The highest BCUT2D eigenvalue weighted by Crippen LogP contribution is 2.34. The van der Waals surface area contributed by atoms with Crippen LogP contribution < -0.4 is 5.73 Å². The van der Waals surface area contributed by atoms with Gasteiger partial charge in [-0.3, -0.25) is 0 Å². The van der Waals surface area contributed by atoms with Crippen molar-refractivity contribution in [3.8, 4) is 0 Å². The molecule has 2 rings (SSSR count). The second-order valence-electron chi connectivity index (χ2n) is 4.36. The lowest BCUT2D eigenvalue weighted by molar-refractivity contribution is -0.147. The van der Waals surface area contributed by atoms with E-state index < -0.39 is 18.0 Å². The number of anilines is 1. The molecule has 0 saturated heterocycles. The van der Waals surface area contributed by atoms with Crippen LogP contribution in [0.25, 0.3) is 11.0 Å². The lowest BCUT2D eigenvalue weighted by atomic mass is 10.2. The maximum atomic E-state index is 13.0. The summed E-state index contributed by atoms with van der Waals surface area (Å²) in [5.74, 6) is -0.933. The third-order valence-electron chi connectivity index (χ3n) is 2.82. The smallest absolute Gasteiger partial charge is 0.399 e. The minimum Gasteiger partial charge on any atom is -0.399 e. The zero-order valence-corrected chi connectivity index (χ0v) is 10.5. The average molecular weight is 273 g/mol. The van der Waals surface area contributed by atoms with Crippen LogP contribution in [0.5, 0.6) is 0 Å². The first-order valence-corrected chi connectivity index (χ1v) is 5.68.